The highest BCUT2D eigenvalue weighted by atomic mass is 32.1. The molecule has 0 spiro atoms. The SMILES string of the molecule is CC(C)(CNc1nc(CCC(=O)NCCO)ns1)c1ccc(F)cc1. The Morgan fingerprint density at radius 3 is 2.72 bits per heavy atom. The van der Waals surface area contributed by atoms with E-state index in [0.29, 0.717) is 23.9 Å². The fraction of sp³-hybridized carbons (Fsp3) is 0.471. The Hall–Kier alpha value is -2.06. The summed E-state index contributed by atoms with van der Waals surface area (Å²) in [5.74, 6) is 0.242. The number of rotatable bonds is 9. The summed E-state index contributed by atoms with van der Waals surface area (Å²) in [7, 11) is 0. The lowest BCUT2D eigenvalue weighted by molar-refractivity contribution is -0.121. The fourth-order valence-electron chi connectivity index (χ4n) is 2.24. The number of halogens is 1. The third-order valence-electron chi connectivity index (χ3n) is 3.78. The zero-order valence-corrected chi connectivity index (χ0v) is 15.2. The number of aromatic nitrogens is 2. The van der Waals surface area contributed by atoms with E-state index in [0.717, 1.165) is 5.56 Å². The van der Waals surface area contributed by atoms with Crippen molar-refractivity contribution >= 4 is 22.6 Å². The van der Waals surface area contributed by atoms with Crippen LogP contribution in [0.4, 0.5) is 9.52 Å². The molecule has 3 N–H and O–H groups in total. The van der Waals surface area contributed by atoms with Crippen LogP contribution >= 0.6 is 11.5 Å². The molecule has 0 unspecified atom stereocenters. The van der Waals surface area contributed by atoms with E-state index >= 15 is 0 Å². The van der Waals surface area contributed by atoms with Gasteiger partial charge in [0.2, 0.25) is 11.0 Å². The molecule has 8 heteroatoms. The molecule has 1 heterocycles. The Labute approximate surface area is 150 Å². The van der Waals surface area contributed by atoms with E-state index < -0.39 is 0 Å². The van der Waals surface area contributed by atoms with Gasteiger partial charge in [-0.15, -0.1) is 0 Å². The zero-order valence-electron chi connectivity index (χ0n) is 14.4. The normalized spacial score (nSPS) is 11.4. The van der Waals surface area contributed by atoms with Gasteiger partial charge in [0.15, 0.2) is 0 Å². The number of benzene rings is 1. The summed E-state index contributed by atoms with van der Waals surface area (Å²) in [6.45, 7) is 4.96. The highest BCUT2D eigenvalue weighted by Gasteiger charge is 2.21. The molecule has 1 aromatic heterocycles. The summed E-state index contributed by atoms with van der Waals surface area (Å²) in [4.78, 5) is 15.9. The third-order valence-corrected chi connectivity index (χ3v) is 4.50. The summed E-state index contributed by atoms with van der Waals surface area (Å²) in [6.07, 6.45) is 0.744. The molecule has 0 aliphatic rings. The van der Waals surface area contributed by atoms with Crippen LogP contribution in [0.2, 0.25) is 0 Å². The molecule has 1 aromatic carbocycles. The van der Waals surface area contributed by atoms with Gasteiger partial charge >= 0.3 is 0 Å². The van der Waals surface area contributed by atoms with Gasteiger partial charge in [-0.05, 0) is 17.7 Å². The number of aliphatic hydroxyl groups is 1. The number of carbonyl (C=O) groups excluding carboxylic acids is 1. The summed E-state index contributed by atoms with van der Waals surface area (Å²) >= 11 is 1.25. The predicted molar refractivity (Wildman–Crippen MR) is 96.2 cm³/mol. The Bertz CT molecular complexity index is 688. The second-order valence-corrected chi connectivity index (χ2v) is 7.09. The number of carbonyl (C=O) groups is 1. The number of hydrogen-bond acceptors (Lipinski definition) is 6. The van der Waals surface area contributed by atoms with Crippen molar-refractivity contribution in [3.05, 3.63) is 41.5 Å². The number of amides is 1. The second-order valence-electron chi connectivity index (χ2n) is 6.33. The molecule has 0 aliphatic heterocycles. The van der Waals surface area contributed by atoms with Crippen LogP contribution in [0.25, 0.3) is 0 Å². The van der Waals surface area contributed by atoms with Gasteiger partial charge in [-0.25, -0.2) is 9.37 Å². The predicted octanol–water partition coefficient (Wildman–Crippen LogP) is 2.11. The molecule has 2 rings (SSSR count). The molecule has 2 aromatic rings. The number of nitrogens with one attached hydrogen (secondary N) is 2. The van der Waals surface area contributed by atoms with Crippen molar-refractivity contribution in [2.45, 2.75) is 32.1 Å². The van der Waals surface area contributed by atoms with Crippen LogP contribution < -0.4 is 10.6 Å². The molecule has 0 bridgehead atoms. The summed E-state index contributed by atoms with van der Waals surface area (Å²) < 4.78 is 17.3. The van der Waals surface area contributed by atoms with Gasteiger partial charge in [0.25, 0.3) is 0 Å². The molecule has 0 saturated carbocycles. The van der Waals surface area contributed by atoms with Crippen LogP contribution in [0, 0.1) is 5.82 Å². The number of hydrogen-bond donors (Lipinski definition) is 3. The first kappa shape index (κ1) is 19.3. The molecular formula is C17H23FN4O2S. The quantitative estimate of drug-likeness (QED) is 0.633. The molecule has 0 saturated heterocycles. The van der Waals surface area contributed by atoms with Gasteiger partial charge in [0.1, 0.15) is 11.6 Å². The Morgan fingerprint density at radius 2 is 2.04 bits per heavy atom. The van der Waals surface area contributed by atoms with E-state index in [1.807, 2.05) is 0 Å². The van der Waals surface area contributed by atoms with Crippen LogP contribution in [0.15, 0.2) is 24.3 Å². The maximum atomic E-state index is 13.1. The molecule has 6 nitrogen and oxygen atoms in total. The molecular weight excluding hydrogens is 343 g/mol. The highest BCUT2D eigenvalue weighted by molar-refractivity contribution is 7.09. The second kappa shape index (κ2) is 8.87. The molecule has 25 heavy (non-hydrogen) atoms. The van der Waals surface area contributed by atoms with Crippen molar-refractivity contribution < 1.29 is 14.3 Å². The van der Waals surface area contributed by atoms with E-state index in [1.165, 1.54) is 23.7 Å². The monoisotopic (exact) mass is 366 g/mol. The number of aliphatic hydroxyl groups excluding tert-OH is 1. The highest BCUT2D eigenvalue weighted by Crippen LogP contribution is 2.24. The van der Waals surface area contributed by atoms with E-state index in [2.05, 4.69) is 33.8 Å². The average molecular weight is 366 g/mol. The summed E-state index contributed by atoms with van der Waals surface area (Å²) in [6, 6.07) is 6.49. The van der Waals surface area contributed by atoms with Crippen molar-refractivity contribution in [3.8, 4) is 0 Å². The lowest BCUT2D eigenvalue weighted by Gasteiger charge is -2.25. The minimum atomic E-state index is -0.246. The fourth-order valence-corrected chi connectivity index (χ4v) is 2.84. The van der Waals surface area contributed by atoms with Crippen LogP contribution in [-0.4, -0.2) is 40.1 Å². The van der Waals surface area contributed by atoms with Crippen molar-refractivity contribution in [2.24, 2.45) is 0 Å². The number of nitrogens with zero attached hydrogens (tertiary/aromatic N) is 2. The van der Waals surface area contributed by atoms with Crippen molar-refractivity contribution in [1.29, 1.82) is 0 Å². The van der Waals surface area contributed by atoms with Gasteiger partial charge in [-0.3, -0.25) is 4.79 Å². The number of aryl methyl sites for hydroxylation is 1. The van der Waals surface area contributed by atoms with Gasteiger partial charge in [0.05, 0.1) is 6.61 Å². The van der Waals surface area contributed by atoms with E-state index in [-0.39, 0.29) is 36.7 Å². The van der Waals surface area contributed by atoms with Gasteiger partial charge < -0.3 is 15.7 Å². The standard InChI is InChI=1S/C17H23FN4O2S/c1-17(2,12-3-5-13(18)6-4-12)11-20-16-21-14(22-25-16)7-8-15(24)19-9-10-23/h3-6,23H,7-11H2,1-2H3,(H,19,24)(H,20,21,22). The van der Waals surface area contributed by atoms with Crippen LogP contribution in [0.1, 0.15) is 31.7 Å². The first-order valence-electron chi connectivity index (χ1n) is 8.11. The van der Waals surface area contributed by atoms with Gasteiger partial charge in [-0.1, -0.05) is 26.0 Å². The van der Waals surface area contributed by atoms with E-state index in [4.69, 9.17) is 5.11 Å². The first-order chi connectivity index (χ1) is 11.9. The topological polar surface area (TPSA) is 87.1 Å². The molecule has 1 amide bonds. The minimum Gasteiger partial charge on any atom is -0.395 e. The third kappa shape index (κ3) is 6.06. The maximum absolute atomic E-state index is 13.1. The zero-order chi connectivity index (χ0) is 18.3. The smallest absolute Gasteiger partial charge is 0.220 e. The largest absolute Gasteiger partial charge is 0.395 e. The molecule has 0 atom stereocenters. The van der Waals surface area contributed by atoms with Crippen LogP contribution in [0.5, 0.6) is 0 Å². The van der Waals surface area contributed by atoms with Crippen molar-refractivity contribution in [3.63, 3.8) is 0 Å². The van der Waals surface area contributed by atoms with Crippen molar-refractivity contribution in [1.82, 2.24) is 14.7 Å². The summed E-state index contributed by atoms with van der Waals surface area (Å²) in [5.41, 5.74) is 0.843. The Morgan fingerprint density at radius 1 is 1.32 bits per heavy atom. The number of anilines is 1. The van der Waals surface area contributed by atoms with Crippen LogP contribution in [-0.2, 0) is 16.6 Å². The lowest BCUT2D eigenvalue weighted by atomic mass is 9.85. The maximum Gasteiger partial charge on any atom is 0.220 e. The Balaban J connectivity index is 1.84. The average Bonchev–Trinajstić information content (AvgIpc) is 3.05. The lowest BCUT2D eigenvalue weighted by Crippen LogP contribution is -2.27. The van der Waals surface area contributed by atoms with Crippen LogP contribution in [0.3, 0.4) is 0 Å². The van der Waals surface area contributed by atoms with Gasteiger partial charge in [-0.2, -0.15) is 4.37 Å². The van der Waals surface area contributed by atoms with Crippen molar-refractivity contribution in [2.75, 3.05) is 25.0 Å². The summed E-state index contributed by atoms with van der Waals surface area (Å²) in [5, 5.41) is 15.2. The first-order valence-corrected chi connectivity index (χ1v) is 8.88. The molecule has 0 aliphatic carbocycles. The molecule has 136 valence electrons. The van der Waals surface area contributed by atoms with E-state index in [9.17, 15) is 9.18 Å². The van der Waals surface area contributed by atoms with Gasteiger partial charge in [0, 0.05) is 42.9 Å². The Kier molecular flexibility index (Phi) is 6.83. The van der Waals surface area contributed by atoms with E-state index in [1.54, 1.807) is 12.1 Å². The minimum absolute atomic E-state index is 0.0708. The molecule has 0 fully saturated rings. The molecule has 0 radical (unpaired) electrons.